The van der Waals surface area contributed by atoms with E-state index < -0.39 is 0 Å². The van der Waals surface area contributed by atoms with E-state index in [1.165, 1.54) is 11.3 Å². The van der Waals surface area contributed by atoms with Crippen LogP contribution in [-0.2, 0) is 0 Å². The zero-order valence-electron chi connectivity index (χ0n) is 12.4. The lowest BCUT2D eigenvalue weighted by molar-refractivity contribution is 0.411. The molecule has 1 N–H and O–H groups in total. The van der Waals surface area contributed by atoms with Crippen LogP contribution in [0.3, 0.4) is 0 Å². The highest BCUT2D eigenvalue weighted by molar-refractivity contribution is 14.1. The Kier molecular flexibility index (Phi) is 5.24. The molecule has 116 valence electrons. The van der Waals surface area contributed by atoms with E-state index in [4.69, 9.17) is 4.74 Å². The molecule has 1 heterocycles. The van der Waals surface area contributed by atoms with Crippen molar-refractivity contribution in [2.75, 3.05) is 12.5 Å². The number of aromatic nitrogens is 1. The van der Waals surface area contributed by atoms with Gasteiger partial charge >= 0.3 is 0 Å². The molecule has 1 aromatic heterocycles. The van der Waals surface area contributed by atoms with Crippen LogP contribution >= 0.6 is 33.9 Å². The first-order chi connectivity index (χ1) is 11.3. The topological polar surface area (TPSA) is 46.5 Å². The number of para-hydroxylation sites is 1. The summed E-state index contributed by atoms with van der Waals surface area (Å²) in [6.45, 7) is 0. The van der Waals surface area contributed by atoms with Gasteiger partial charge in [0.2, 0.25) is 5.13 Å². The van der Waals surface area contributed by atoms with Gasteiger partial charge in [-0.3, -0.25) is 5.43 Å². The van der Waals surface area contributed by atoms with Crippen LogP contribution in [0.4, 0.5) is 5.13 Å². The van der Waals surface area contributed by atoms with Crippen molar-refractivity contribution in [2.24, 2.45) is 5.10 Å². The van der Waals surface area contributed by atoms with E-state index in [9.17, 15) is 0 Å². The number of thiazole rings is 1. The van der Waals surface area contributed by atoms with Crippen molar-refractivity contribution in [2.45, 2.75) is 0 Å². The molecule has 23 heavy (non-hydrogen) atoms. The number of ether oxygens (including phenoxy) is 1. The quantitative estimate of drug-likeness (QED) is 0.354. The first kappa shape index (κ1) is 15.9. The number of hydrazone groups is 1. The first-order valence-corrected chi connectivity index (χ1v) is 8.86. The number of benzene rings is 2. The van der Waals surface area contributed by atoms with Crippen LogP contribution in [0.15, 0.2) is 59.0 Å². The van der Waals surface area contributed by atoms with Crippen LogP contribution in [0.1, 0.15) is 5.56 Å². The summed E-state index contributed by atoms with van der Waals surface area (Å²) in [5.74, 6) is 0.822. The molecule has 0 saturated carbocycles. The van der Waals surface area contributed by atoms with Crippen molar-refractivity contribution in [3.05, 3.63) is 63.0 Å². The molecule has 6 heteroatoms. The molecule has 0 aliphatic rings. The third kappa shape index (κ3) is 3.89. The van der Waals surface area contributed by atoms with Crippen molar-refractivity contribution in [1.82, 2.24) is 4.98 Å². The maximum atomic E-state index is 5.40. The van der Waals surface area contributed by atoms with Gasteiger partial charge in [0.25, 0.3) is 0 Å². The monoisotopic (exact) mass is 435 g/mol. The van der Waals surface area contributed by atoms with E-state index in [1.54, 1.807) is 13.3 Å². The third-order valence-electron chi connectivity index (χ3n) is 3.14. The predicted molar refractivity (Wildman–Crippen MR) is 104 cm³/mol. The van der Waals surface area contributed by atoms with Crippen LogP contribution < -0.4 is 10.2 Å². The van der Waals surface area contributed by atoms with Crippen molar-refractivity contribution in [3.63, 3.8) is 0 Å². The number of nitrogens with one attached hydrogen (secondary N) is 1. The van der Waals surface area contributed by atoms with Gasteiger partial charge in [-0.1, -0.05) is 36.4 Å². The highest BCUT2D eigenvalue weighted by Gasteiger charge is 2.05. The maximum Gasteiger partial charge on any atom is 0.203 e. The molecule has 0 unspecified atom stereocenters. The Morgan fingerprint density at radius 2 is 2.00 bits per heavy atom. The van der Waals surface area contributed by atoms with E-state index in [0.717, 1.165) is 31.3 Å². The predicted octanol–water partition coefficient (Wildman–Crippen LogP) is 4.87. The number of nitrogens with zero attached hydrogens (tertiary/aromatic N) is 2. The number of anilines is 1. The lowest BCUT2D eigenvalue weighted by Crippen LogP contribution is -1.95. The van der Waals surface area contributed by atoms with Gasteiger partial charge in [0.05, 0.1) is 22.6 Å². The molecule has 0 amide bonds. The van der Waals surface area contributed by atoms with Crippen LogP contribution in [0.25, 0.3) is 11.3 Å². The van der Waals surface area contributed by atoms with E-state index in [0.29, 0.717) is 0 Å². The van der Waals surface area contributed by atoms with Gasteiger partial charge < -0.3 is 4.74 Å². The zero-order chi connectivity index (χ0) is 16.1. The van der Waals surface area contributed by atoms with Gasteiger partial charge in [0.1, 0.15) is 5.75 Å². The molecule has 2 aromatic carbocycles. The highest BCUT2D eigenvalue weighted by atomic mass is 127. The maximum absolute atomic E-state index is 5.40. The summed E-state index contributed by atoms with van der Waals surface area (Å²) < 4.78 is 6.45. The van der Waals surface area contributed by atoms with Crippen LogP contribution in [0.2, 0.25) is 0 Å². The second-order valence-corrected chi connectivity index (χ2v) is 6.66. The summed E-state index contributed by atoms with van der Waals surface area (Å²) in [7, 11) is 1.66. The molecular formula is C17H14IN3OS. The fourth-order valence-electron chi connectivity index (χ4n) is 2.07. The lowest BCUT2D eigenvalue weighted by Gasteiger charge is -2.06. The van der Waals surface area contributed by atoms with Gasteiger partial charge in [-0.25, -0.2) is 4.98 Å². The first-order valence-electron chi connectivity index (χ1n) is 6.90. The fraction of sp³-hybridized carbons (Fsp3) is 0.0588. The molecule has 0 aliphatic carbocycles. The molecule has 3 rings (SSSR count). The largest absolute Gasteiger partial charge is 0.495 e. The minimum atomic E-state index is 0.754. The molecule has 0 radical (unpaired) electrons. The van der Waals surface area contributed by atoms with Crippen molar-refractivity contribution in [1.29, 1.82) is 0 Å². The number of hydrogen-bond donors (Lipinski definition) is 1. The number of rotatable bonds is 5. The number of methoxy groups -OCH3 is 1. The average Bonchev–Trinajstić information content (AvgIpc) is 3.05. The minimum Gasteiger partial charge on any atom is -0.495 e. The summed E-state index contributed by atoms with van der Waals surface area (Å²) >= 11 is 3.77. The van der Waals surface area contributed by atoms with Gasteiger partial charge in [-0.05, 0) is 34.7 Å². The molecule has 3 aromatic rings. The Morgan fingerprint density at radius 1 is 1.17 bits per heavy atom. The molecule has 0 spiro atoms. The lowest BCUT2D eigenvalue weighted by atomic mass is 10.2. The summed E-state index contributed by atoms with van der Waals surface area (Å²) in [5, 5.41) is 7.03. The van der Waals surface area contributed by atoms with E-state index in [-0.39, 0.29) is 0 Å². The fourth-order valence-corrected chi connectivity index (χ4v) is 3.47. The summed E-state index contributed by atoms with van der Waals surface area (Å²) in [6.07, 6.45) is 1.74. The highest BCUT2D eigenvalue weighted by Crippen LogP contribution is 2.25. The summed E-state index contributed by atoms with van der Waals surface area (Å²) in [5.41, 5.74) is 5.94. The second kappa shape index (κ2) is 7.56. The molecule has 0 bridgehead atoms. The normalized spacial score (nSPS) is 10.9. The Morgan fingerprint density at radius 3 is 2.78 bits per heavy atom. The Balaban J connectivity index is 1.72. The van der Waals surface area contributed by atoms with E-state index in [1.807, 2.05) is 53.9 Å². The molecular weight excluding hydrogens is 421 g/mol. The van der Waals surface area contributed by atoms with Crippen LogP contribution in [-0.4, -0.2) is 18.3 Å². The SMILES string of the molecule is COc1c(I)cccc1C=NNc1nc(-c2ccccc2)cs1. The minimum absolute atomic E-state index is 0.754. The molecule has 0 aliphatic heterocycles. The summed E-state index contributed by atoms with van der Waals surface area (Å²) in [6, 6.07) is 16.0. The van der Waals surface area contributed by atoms with E-state index >= 15 is 0 Å². The molecule has 0 fully saturated rings. The Hall–Kier alpha value is -1.93. The van der Waals surface area contributed by atoms with Gasteiger partial charge in [-0.15, -0.1) is 11.3 Å². The Bertz CT molecular complexity index is 818. The average molecular weight is 435 g/mol. The zero-order valence-corrected chi connectivity index (χ0v) is 15.3. The molecule has 4 nitrogen and oxygen atoms in total. The van der Waals surface area contributed by atoms with Gasteiger partial charge in [0.15, 0.2) is 0 Å². The molecule has 0 atom stereocenters. The number of hydrogen-bond acceptors (Lipinski definition) is 5. The van der Waals surface area contributed by atoms with Crippen molar-refractivity contribution >= 4 is 45.3 Å². The molecule has 0 saturated heterocycles. The van der Waals surface area contributed by atoms with Gasteiger partial charge in [-0.2, -0.15) is 5.10 Å². The smallest absolute Gasteiger partial charge is 0.203 e. The van der Waals surface area contributed by atoms with Crippen molar-refractivity contribution < 1.29 is 4.74 Å². The van der Waals surface area contributed by atoms with Crippen LogP contribution in [0.5, 0.6) is 5.75 Å². The van der Waals surface area contributed by atoms with Gasteiger partial charge in [0, 0.05) is 16.5 Å². The summed E-state index contributed by atoms with van der Waals surface area (Å²) in [4.78, 5) is 4.53. The number of halogens is 1. The van der Waals surface area contributed by atoms with Crippen LogP contribution in [0, 0.1) is 3.57 Å². The standard InChI is InChI=1S/C17H14IN3OS/c1-22-16-13(8-5-9-14(16)18)10-19-21-17-20-15(11-23-17)12-6-3-2-4-7-12/h2-11H,1H3,(H,20,21). The Labute approximate surface area is 152 Å². The van der Waals surface area contributed by atoms with E-state index in [2.05, 4.69) is 38.1 Å². The van der Waals surface area contributed by atoms with Crippen molar-refractivity contribution in [3.8, 4) is 17.0 Å². The third-order valence-corrected chi connectivity index (χ3v) is 4.74. The second-order valence-electron chi connectivity index (χ2n) is 4.64.